The molecule has 1 amide bonds. The second kappa shape index (κ2) is 8.84. The molecule has 6 rings (SSSR count). The Hall–Kier alpha value is -4.54. The van der Waals surface area contributed by atoms with E-state index in [-0.39, 0.29) is 17.5 Å². The van der Waals surface area contributed by atoms with Crippen LogP contribution in [0, 0.1) is 6.92 Å². The van der Waals surface area contributed by atoms with Crippen LogP contribution in [-0.2, 0) is 7.05 Å². The Morgan fingerprint density at radius 1 is 1.11 bits per heavy atom. The predicted octanol–water partition coefficient (Wildman–Crippen LogP) is 3.31. The molecule has 4 aromatic heterocycles. The summed E-state index contributed by atoms with van der Waals surface area (Å²) in [6.07, 6.45) is 7.17. The summed E-state index contributed by atoms with van der Waals surface area (Å²) in [6.45, 7) is 5.40. The molecule has 188 valence electrons. The molecule has 1 aromatic carbocycles. The lowest BCUT2D eigenvalue weighted by atomic mass is 10.1. The molecule has 1 aliphatic heterocycles. The van der Waals surface area contributed by atoms with Crippen molar-refractivity contribution in [2.24, 2.45) is 7.05 Å². The number of carbonyl (C=O) groups is 1. The van der Waals surface area contributed by atoms with E-state index in [9.17, 15) is 9.59 Å². The quantitative estimate of drug-likeness (QED) is 0.339. The van der Waals surface area contributed by atoms with Gasteiger partial charge in [-0.3, -0.25) is 14.3 Å². The van der Waals surface area contributed by atoms with E-state index in [0.717, 1.165) is 37.0 Å². The number of hydrogen-bond acceptors (Lipinski definition) is 7. The number of hydrogen-bond donors (Lipinski definition) is 3. The molecule has 1 aliphatic rings. The van der Waals surface area contributed by atoms with E-state index < -0.39 is 0 Å². The highest BCUT2D eigenvalue weighted by Crippen LogP contribution is 2.33. The van der Waals surface area contributed by atoms with Gasteiger partial charge in [-0.25, -0.2) is 15.0 Å². The molecule has 37 heavy (non-hydrogen) atoms. The summed E-state index contributed by atoms with van der Waals surface area (Å²) in [6, 6.07) is 5.18. The van der Waals surface area contributed by atoms with Crippen LogP contribution in [0.4, 0.5) is 5.69 Å². The fourth-order valence-corrected chi connectivity index (χ4v) is 4.97. The van der Waals surface area contributed by atoms with Crippen LogP contribution in [0.25, 0.3) is 33.5 Å². The van der Waals surface area contributed by atoms with E-state index >= 15 is 0 Å². The van der Waals surface area contributed by atoms with Crippen molar-refractivity contribution < 1.29 is 4.79 Å². The van der Waals surface area contributed by atoms with Gasteiger partial charge in [-0.2, -0.15) is 5.10 Å². The van der Waals surface area contributed by atoms with E-state index in [4.69, 9.17) is 4.98 Å². The molecule has 3 N–H and O–H groups in total. The SMILES string of the molecule is Cc1cc2[nH]c(-c3c(N[C@@H](C)c4ncccn4)c4nn(C)cc4[nH]c3=O)nc2cc1C(=O)N1CCCC1. The number of carbonyl (C=O) groups excluding carboxylic acids is 1. The number of aromatic amines is 2. The van der Waals surface area contributed by atoms with E-state index in [1.165, 1.54) is 0 Å². The smallest absolute Gasteiger partial charge is 0.261 e. The molecule has 0 spiro atoms. The number of benzene rings is 1. The number of nitrogens with one attached hydrogen (secondary N) is 3. The zero-order valence-corrected chi connectivity index (χ0v) is 20.9. The maximum Gasteiger partial charge on any atom is 0.261 e. The van der Waals surface area contributed by atoms with Crippen molar-refractivity contribution in [3.05, 3.63) is 64.1 Å². The molecule has 0 saturated carbocycles. The minimum Gasteiger partial charge on any atom is -0.373 e. The number of amides is 1. The summed E-state index contributed by atoms with van der Waals surface area (Å²) in [5.41, 5.74) is 4.61. The standard InChI is InChI=1S/C26H27N9O2/c1-14-11-17-18(12-16(14)26(37)35-9-4-5-10-35)31-24(30-17)20-22(29-15(2)23-27-7-6-8-28-23)21-19(32-25(20)36)13-34(3)33-21/h6-8,11-13,15,29H,4-5,9-10H2,1-3H3,(H,30,31)(H,32,36)/t15-/m0/s1. The lowest BCUT2D eigenvalue weighted by molar-refractivity contribution is 0.0792. The van der Waals surface area contributed by atoms with Crippen LogP contribution in [0.15, 0.2) is 41.6 Å². The second-order valence-electron chi connectivity index (χ2n) is 9.51. The van der Waals surface area contributed by atoms with E-state index in [2.05, 4.69) is 30.4 Å². The fourth-order valence-electron chi connectivity index (χ4n) is 4.97. The van der Waals surface area contributed by atoms with Crippen LogP contribution < -0.4 is 10.9 Å². The average Bonchev–Trinajstić information content (AvgIpc) is 3.63. The van der Waals surface area contributed by atoms with Gasteiger partial charge in [0.05, 0.1) is 28.3 Å². The van der Waals surface area contributed by atoms with Gasteiger partial charge in [0.2, 0.25) is 0 Å². The van der Waals surface area contributed by atoms with E-state index in [0.29, 0.717) is 45.0 Å². The molecule has 11 nitrogen and oxygen atoms in total. The number of imidazole rings is 1. The van der Waals surface area contributed by atoms with Gasteiger partial charge in [0.15, 0.2) is 0 Å². The largest absolute Gasteiger partial charge is 0.373 e. The van der Waals surface area contributed by atoms with Gasteiger partial charge < -0.3 is 20.2 Å². The summed E-state index contributed by atoms with van der Waals surface area (Å²) < 4.78 is 1.65. The highest BCUT2D eigenvalue weighted by atomic mass is 16.2. The van der Waals surface area contributed by atoms with Crippen LogP contribution in [-0.4, -0.2) is 58.6 Å². The third-order valence-corrected chi connectivity index (χ3v) is 6.81. The Labute approximate surface area is 212 Å². The van der Waals surface area contributed by atoms with Gasteiger partial charge in [0, 0.05) is 44.3 Å². The second-order valence-corrected chi connectivity index (χ2v) is 9.51. The zero-order valence-electron chi connectivity index (χ0n) is 20.9. The summed E-state index contributed by atoms with van der Waals surface area (Å²) in [7, 11) is 1.80. The molecule has 0 bridgehead atoms. The highest BCUT2D eigenvalue weighted by Gasteiger charge is 2.25. The minimum absolute atomic E-state index is 0.0215. The normalized spacial score (nSPS) is 14.5. The van der Waals surface area contributed by atoms with Crippen molar-refractivity contribution >= 4 is 33.7 Å². The molecule has 1 saturated heterocycles. The maximum atomic E-state index is 13.4. The monoisotopic (exact) mass is 497 g/mol. The maximum absolute atomic E-state index is 13.4. The fraction of sp³-hybridized carbons (Fsp3) is 0.308. The number of pyridine rings is 1. The lowest BCUT2D eigenvalue weighted by Crippen LogP contribution is -2.28. The van der Waals surface area contributed by atoms with Gasteiger partial charge >= 0.3 is 0 Å². The Kier molecular flexibility index (Phi) is 5.47. The summed E-state index contributed by atoms with van der Waals surface area (Å²) in [4.78, 5) is 48.0. The number of rotatable bonds is 5. The molecular formula is C26H27N9O2. The number of likely N-dealkylation sites (tertiary alicyclic amines) is 1. The number of anilines is 1. The molecule has 0 radical (unpaired) electrons. The van der Waals surface area contributed by atoms with Crippen LogP contribution in [0.3, 0.4) is 0 Å². The van der Waals surface area contributed by atoms with Crippen molar-refractivity contribution in [3.8, 4) is 11.4 Å². The van der Waals surface area contributed by atoms with E-state index in [1.54, 1.807) is 36.4 Å². The number of H-pyrrole nitrogens is 2. The third kappa shape index (κ3) is 4.02. The number of aromatic nitrogens is 7. The molecule has 11 heteroatoms. The van der Waals surface area contributed by atoms with Gasteiger partial charge in [-0.05, 0) is 50.5 Å². The van der Waals surface area contributed by atoms with Gasteiger partial charge in [0.1, 0.15) is 22.7 Å². The lowest BCUT2D eigenvalue weighted by Gasteiger charge is -2.16. The Morgan fingerprint density at radius 2 is 1.86 bits per heavy atom. The first-order valence-electron chi connectivity index (χ1n) is 12.3. The highest BCUT2D eigenvalue weighted by molar-refractivity contribution is 6.00. The van der Waals surface area contributed by atoms with Crippen LogP contribution in [0.2, 0.25) is 0 Å². The Morgan fingerprint density at radius 3 is 2.62 bits per heavy atom. The van der Waals surface area contributed by atoms with Crippen molar-refractivity contribution in [2.45, 2.75) is 32.7 Å². The molecule has 5 aromatic rings. The van der Waals surface area contributed by atoms with Crippen molar-refractivity contribution in [3.63, 3.8) is 0 Å². The Bertz CT molecular complexity index is 1690. The topological polar surface area (TPSA) is 137 Å². The van der Waals surface area contributed by atoms with Crippen molar-refractivity contribution in [1.82, 2.24) is 39.6 Å². The van der Waals surface area contributed by atoms with Crippen molar-refractivity contribution in [2.75, 3.05) is 18.4 Å². The summed E-state index contributed by atoms with van der Waals surface area (Å²) >= 11 is 0. The summed E-state index contributed by atoms with van der Waals surface area (Å²) in [5.74, 6) is 0.994. The average molecular weight is 498 g/mol. The minimum atomic E-state index is -0.312. The van der Waals surface area contributed by atoms with Crippen LogP contribution >= 0.6 is 0 Å². The zero-order chi connectivity index (χ0) is 25.7. The molecule has 1 fully saturated rings. The molecule has 0 aliphatic carbocycles. The third-order valence-electron chi connectivity index (χ3n) is 6.81. The van der Waals surface area contributed by atoms with Crippen LogP contribution in [0.5, 0.6) is 0 Å². The number of nitrogens with zero attached hydrogens (tertiary/aromatic N) is 6. The Balaban J connectivity index is 1.48. The van der Waals surface area contributed by atoms with Gasteiger partial charge in [-0.15, -0.1) is 0 Å². The molecule has 1 atom stereocenters. The number of fused-ring (bicyclic) bond motifs is 2. The molecule has 5 heterocycles. The van der Waals surface area contributed by atoms with Gasteiger partial charge in [0.25, 0.3) is 11.5 Å². The molecular weight excluding hydrogens is 470 g/mol. The summed E-state index contributed by atoms with van der Waals surface area (Å²) in [5, 5.41) is 7.99. The predicted molar refractivity (Wildman–Crippen MR) is 140 cm³/mol. The van der Waals surface area contributed by atoms with E-state index in [1.807, 2.05) is 30.9 Å². The van der Waals surface area contributed by atoms with Crippen molar-refractivity contribution in [1.29, 1.82) is 0 Å². The first-order valence-corrected chi connectivity index (χ1v) is 12.3. The first-order chi connectivity index (χ1) is 17.9. The number of aryl methyl sites for hydroxylation is 2. The molecule has 0 unspecified atom stereocenters. The van der Waals surface area contributed by atoms with Gasteiger partial charge in [-0.1, -0.05) is 0 Å². The van der Waals surface area contributed by atoms with Crippen LogP contribution in [0.1, 0.15) is 47.6 Å². The first kappa shape index (κ1) is 22.9.